The molecule has 0 saturated carbocycles. The van der Waals surface area contributed by atoms with Crippen LogP contribution in [-0.4, -0.2) is 35.5 Å². The molecule has 0 bridgehead atoms. The number of guanidine groups is 1. The fourth-order valence-electron chi connectivity index (χ4n) is 3.41. The van der Waals surface area contributed by atoms with Crippen molar-refractivity contribution in [1.82, 2.24) is 9.88 Å². The number of aliphatic imine (C=N–C) groups is 1. The molecule has 0 aliphatic carbocycles. The van der Waals surface area contributed by atoms with E-state index in [1.807, 2.05) is 26.0 Å². The number of nitrogens with zero attached hydrogens (tertiary/aromatic N) is 3. The molecule has 2 heterocycles. The number of rotatable bonds is 6. The van der Waals surface area contributed by atoms with E-state index in [4.69, 9.17) is 10.2 Å². The zero-order valence-electron chi connectivity index (χ0n) is 17.1. The molecule has 3 rings (SSSR count). The first kappa shape index (κ1) is 22.7. The van der Waals surface area contributed by atoms with Crippen LogP contribution in [0.3, 0.4) is 0 Å². The SMILES string of the molecule is CCc1cccc(NC(N)=NCC2CCN(Cc3nc(C)c(C)o3)CC2)c1.I. The predicted octanol–water partition coefficient (Wildman–Crippen LogP) is 4.11. The lowest BCUT2D eigenvalue weighted by Gasteiger charge is -2.30. The van der Waals surface area contributed by atoms with Crippen LogP contribution >= 0.6 is 24.0 Å². The average Bonchev–Trinajstić information content (AvgIpc) is 2.98. The highest BCUT2D eigenvalue weighted by atomic mass is 127. The number of anilines is 1. The number of nitrogens with one attached hydrogen (secondary N) is 1. The molecule has 1 aromatic heterocycles. The quantitative estimate of drug-likeness (QED) is 0.357. The van der Waals surface area contributed by atoms with Crippen LogP contribution in [0.2, 0.25) is 0 Å². The molecule has 1 aliphatic heterocycles. The van der Waals surface area contributed by atoms with Crippen molar-refractivity contribution in [1.29, 1.82) is 0 Å². The van der Waals surface area contributed by atoms with Crippen LogP contribution in [0.25, 0.3) is 0 Å². The van der Waals surface area contributed by atoms with Gasteiger partial charge < -0.3 is 15.5 Å². The van der Waals surface area contributed by atoms with Gasteiger partial charge in [0.05, 0.1) is 12.2 Å². The molecule has 3 N–H and O–H groups in total. The molecule has 0 atom stereocenters. The van der Waals surface area contributed by atoms with E-state index in [1.165, 1.54) is 5.56 Å². The van der Waals surface area contributed by atoms with Gasteiger partial charge in [-0.2, -0.15) is 0 Å². The van der Waals surface area contributed by atoms with Crippen molar-refractivity contribution in [3.63, 3.8) is 0 Å². The van der Waals surface area contributed by atoms with Crippen molar-refractivity contribution in [2.45, 2.75) is 46.6 Å². The topological polar surface area (TPSA) is 79.7 Å². The molecule has 0 spiro atoms. The number of hydrogen-bond acceptors (Lipinski definition) is 4. The summed E-state index contributed by atoms with van der Waals surface area (Å²) in [7, 11) is 0. The Morgan fingerprint density at radius 2 is 2.07 bits per heavy atom. The second kappa shape index (κ2) is 10.8. The van der Waals surface area contributed by atoms with Crippen LogP contribution in [0.15, 0.2) is 33.7 Å². The molecule has 0 amide bonds. The lowest BCUT2D eigenvalue weighted by molar-refractivity contribution is 0.166. The van der Waals surface area contributed by atoms with E-state index < -0.39 is 0 Å². The first-order valence-corrected chi connectivity index (χ1v) is 9.84. The van der Waals surface area contributed by atoms with Crippen molar-refractivity contribution in [2.24, 2.45) is 16.6 Å². The number of likely N-dealkylation sites (tertiary alicyclic amines) is 1. The van der Waals surface area contributed by atoms with E-state index in [0.717, 1.165) is 68.5 Å². The Bertz CT molecular complexity index is 761. The highest BCUT2D eigenvalue weighted by Gasteiger charge is 2.20. The van der Waals surface area contributed by atoms with E-state index in [9.17, 15) is 0 Å². The lowest BCUT2D eigenvalue weighted by atomic mass is 9.97. The Labute approximate surface area is 185 Å². The number of benzene rings is 1. The molecule has 1 saturated heterocycles. The van der Waals surface area contributed by atoms with Crippen LogP contribution in [-0.2, 0) is 13.0 Å². The Morgan fingerprint density at radius 3 is 2.71 bits per heavy atom. The summed E-state index contributed by atoms with van der Waals surface area (Å²) in [6, 6.07) is 8.30. The number of oxazole rings is 1. The molecule has 1 aromatic carbocycles. The van der Waals surface area contributed by atoms with Crippen LogP contribution in [0.5, 0.6) is 0 Å². The van der Waals surface area contributed by atoms with Gasteiger partial charge in [0, 0.05) is 12.2 Å². The highest BCUT2D eigenvalue weighted by Crippen LogP contribution is 2.20. The molecular weight excluding hydrogens is 465 g/mol. The van der Waals surface area contributed by atoms with Gasteiger partial charge in [-0.3, -0.25) is 9.89 Å². The second-order valence-electron chi connectivity index (χ2n) is 7.37. The maximum atomic E-state index is 6.07. The van der Waals surface area contributed by atoms with E-state index in [1.54, 1.807) is 0 Å². The molecule has 154 valence electrons. The zero-order valence-corrected chi connectivity index (χ0v) is 19.4. The van der Waals surface area contributed by atoms with Crippen LogP contribution < -0.4 is 11.1 Å². The molecule has 0 unspecified atom stereocenters. The van der Waals surface area contributed by atoms with E-state index in [-0.39, 0.29) is 24.0 Å². The Kier molecular flexibility index (Phi) is 8.75. The average molecular weight is 497 g/mol. The van der Waals surface area contributed by atoms with Gasteiger partial charge >= 0.3 is 0 Å². The minimum absolute atomic E-state index is 0. The summed E-state index contributed by atoms with van der Waals surface area (Å²) in [6.07, 6.45) is 3.26. The van der Waals surface area contributed by atoms with Gasteiger partial charge in [0.25, 0.3) is 0 Å². The third kappa shape index (κ3) is 6.48. The second-order valence-corrected chi connectivity index (χ2v) is 7.37. The van der Waals surface area contributed by atoms with Crippen LogP contribution in [0.4, 0.5) is 5.69 Å². The molecule has 7 heteroatoms. The van der Waals surface area contributed by atoms with Gasteiger partial charge in [0.1, 0.15) is 5.76 Å². The van der Waals surface area contributed by atoms with E-state index in [0.29, 0.717) is 11.9 Å². The molecule has 6 nitrogen and oxygen atoms in total. The van der Waals surface area contributed by atoms with Crippen LogP contribution in [0.1, 0.15) is 42.7 Å². The summed E-state index contributed by atoms with van der Waals surface area (Å²) in [6.45, 7) is 9.77. The molecule has 1 fully saturated rings. The largest absolute Gasteiger partial charge is 0.444 e. The Balaban J connectivity index is 0.00000280. The minimum atomic E-state index is 0. The van der Waals surface area contributed by atoms with Crippen molar-refractivity contribution in [2.75, 3.05) is 25.0 Å². The van der Waals surface area contributed by atoms with Gasteiger partial charge in [-0.1, -0.05) is 19.1 Å². The van der Waals surface area contributed by atoms with Gasteiger partial charge in [-0.25, -0.2) is 4.98 Å². The summed E-state index contributed by atoms with van der Waals surface area (Å²) in [5.74, 6) is 2.82. The van der Waals surface area contributed by atoms with Gasteiger partial charge in [0.2, 0.25) is 5.89 Å². The van der Waals surface area contributed by atoms with Crippen molar-refractivity contribution >= 4 is 35.6 Å². The highest BCUT2D eigenvalue weighted by molar-refractivity contribution is 14.0. The normalized spacial score (nSPS) is 16.0. The van der Waals surface area contributed by atoms with Crippen molar-refractivity contribution in [3.05, 3.63) is 47.2 Å². The first-order valence-electron chi connectivity index (χ1n) is 9.84. The molecule has 1 aliphatic rings. The number of aromatic nitrogens is 1. The fraction of sp³-hybridized carbons (Fsp3) is 0.524. The number of hydrogen-bond donors (Lipinski definition) is 2. The third-order valence-corrected chi connectivity index (χ3v) is 5.27. The minimum Gasteiger partial charge on any atom is -0.444 e. The number of piperidine rings is 1. The standard InChI is InChI=1S/C21H31N5O.HI/c1-4-17-6-5-7-19(12-17)25-21(22)23-13-18-8-10-26(11-9-18)14-20-24-15(2)16(3)27-20;/h5-7,12,18H,4,8-11,13-14H2,1-3H3,(H3,22,23,25);1H. The smallest absolute Gasteiger partial charge is 0.208 e. The number of nitrogens with two attached hydrogens (primary N) is 1. The maximum Gasteiger partial charge on any atom is 0.208 e. The molecule has 0 radical (unpaired) electrons. The molecule has 2 aromatic rings. The fourth-order valence-corrected chi connectivity index (χ4v) is 3.41. The summed E-state index contributed by atoms with van der Waals surface area (Å²) in [5, 5.41) is 3.20. The molecule has 28 heavy (non-hydrogen) atoms. The van der Waals surface area contributed by atoms with E-state index in [2.05, 4.69) is 39.2 Å². The molecular formula is C21H32IN5O. The van der Waals surface area contributed by atoms with E-state index >= 15 is 0 Å². The maximum absolute atomic E-state index is 6.07. The lowest BCUT2D eigenvalue weighted by Crippen LogP contribution is -2.34. The number of halogens is 1. The number of aryl methyl sites for hydroxylation is 3. The summed E-state index contributed by atoms with van der Waals surface area (Å²) < 4.78 is 5.70. The summed E-state index contributed by atoms with van der Waals surface area (Å²) in [5.41, 5.74) is 9.35. The van der Waals surface area contributed by atoms with Gasteiger partial charge in [-0.05, 0) is 69.8 Å². The van der Waals surface area contributed by atoms with Crippen molar-refractivity contribution in [3.8, 4) is 0 Å². The van der Waals surface area contributed by atoms with Gasteiger partial charge in [-0.15, -0.1) is 24.0 Å². The first-order chi connectivity index (χ1) is 13.0. The monoisotopic (exact) mass is 497 g/mol. The zero-order chi connectivity index (χ0) is 19.2. The van der Waals surface area contributed by atoms with Crippen LogP contribution in [0, 0.1) is 19.8 Å². The Hall–Kier alpha value is -1.61. The summed E-state index contributed by atoms with van der Waals surface area (Å²) >= 11 is 0. The predicted molar refractivity (Wildman–Crippen MR) is 125 cm³/mol. The Morgan fingerprint density at radius 1 is 1.32 bits per heavy atom. The summed E-state index contributed by atoms with van der Waals surface area (Å²) in [4.78, 5) is 11.4. The van der Waals surface area contributed by atoms with Crippen molar-refractivity contribution < 1.29 is 4.42 Å². The third-order valence-electron chi connectivity index (χ3n) is 5.27. The van der Waals surface area contributed by atoms with Gasteiger partial charge in [0.15, 0.2) is 5.96 Å².